The van der Waals surface area contributed by atoms with Crippen molar-refractivity contribution in [2.75, 3.05) is 0 Å². The normalized spacial score (nSPS) is 23.3. The predicted octanol–water partition coefficient (Wildman–Crippen LogP) is 3.91. The van der Waals surface area contributed by atoms with Gasteiger partial charge in [0.25, 0.3) is 5.89 Å². The van der Waals surface area contributed by atoms with Crippen LogP contribution in [0.15, 0.2) is 15.7 Å². The zero-order valence-electron chi connectivity index (χ0n) is 15.8. The highest BCUT2D eigenvalue weighted by Gasteiger charge is 2.41. The van der Waals surface area contributed by atoms with Crippen molar-refractivity contribution in [3.8, 4) is 11.5 Å². The molecule has 0 amide bonds. The fraction of sp³-hybridized carbons (Fsp3) is 0.524. The average molecular weight is 398 g/mol. The van der Waals surface area contributed by atoms with Crippen molar-refractivity contribution < 1.29 is 19.2 Å². The number of hydrogen-bond donors (Lipinski definition) is 1. The SMILES string of the molecule is Cc1noc(-c2c(CC(=O)C3=C(C(=O)O)C4CCC3CC4)sc3c2CCC3)n1. The Morgan fingerprint density at radius 1 is 1.14 bits per heavy atom. The molecule has 7 heteroatoms. The minimum absolute atomic E-state index is 0.0350. The van der Waals surface area contributed by atoms with E-state index in [1.54, 1.807) is 18.3 Å². The summed E-state index contributed by atoms with van der Waals surface area (Å²) >= 11 is 1.66. The molecule has 2 aromatic rings. The molecule has 0 aliphatic heterocycles. The van der Waals surface area contributed by atoms with Crippen molar-refractivity contribution in [2.24, 2.45) is 11.8 Å². The minimum atomic E-state index is -0.917. The highest BCUT2D eigenvalue weighted by molar-refractivity contribution is 7.12. The maximum atomic E-state index is 13.3. The average Bonchev–Trinajstić information content (AvgIpc) is 3.38. The maximum Gasteiger partial charge on any atom is 0.332 e. The van der Waals surface area contributed by atoms with Crippen molar-refractivity contribution in [3.63, 3.8) is 0 Å². The molecule has 4 aliphatic rings. The van der Waals surface area contributed by atoms with Gasteiger partial charge in [0.2, 0.25) is 0 Å². The highest BCUT2D eigenvalue weighted by atomic mass is 32.1. The quantitative estimate of drug-likeness (QED) is 0.821. The van der Waals surface area contributed by atoms with Gasteiger partial charge in [-0.2, -0.15) is 4.98 Å². The lowest BCUT2D eigenvalue weighted by molar-refractivity contribution is -0.134. The summed E-state index contributed by atoms with van der Waals surface area (Å²) in [6, 6.07) is 0. The summed E-state index contributed by atoms with van der Waals surface area (Å²) in [5.41, 5.74) is 3.11. The summed E-state index contributed by atoms with van der Waals surface area (Å²) in [5, 5.41) is 13.7. The number of carbonyl (C=O) groups is 2. The molecule has 0 unspecified atom stereocenters. The second-order valence-corrected chi connectivity index (χ2v) is 9.27. The standard InChI is InChI=1S/C21H22N2O4S/c1-10-22-20(27-23-10)19-13-3-2-4-15(13)28-16(19)9-14(24)17-11-5-7-12(8-6-11)18(17)21(25)26/h11-12H,2-9H2,1H3,(H,25,26). The van der Waals surface area contributed by atoms with Crippen LogP contribution in [0.25, 0.3) is 11.5 Å². The molecule has 1 N–H and O–H groups in total. The number of carboxylic acid groups (broad SMARTS) is 1. The van der Waals surface area contributed by atoms with Crippen LogP contribution in [0.5, 0.6) is 0 Å². The lowest BCUT2D eigenvalue weighted by atomic mass is 9.65. The first-order valence-corrected chi connectivity index (χ1v) is 10.8. The molecule has 146 valence electrons. The smallest absolute Gasteiger partial charge is 0.332 e. The first kappa shape index (κ1) is 17.8. The molecular weight excluding hydrogens is 376 g/mol. The van der Waals surface area contributed by atoms with Crippen LogP contribution in [0.3, 0.4) is 0 Å². The molecule has 2 bridgehead atoms. The highest BCUT2D eigenvalue weighted by Crippen LogP contribution is 2.47. The van der Waals surface area contributed by atoms with Gasteiger partial charge in [-0.1, -0.05) is 5.16 Å². The number of rotatable bonds is 5. The molecule has 0 saturated heterocycles. The van der Waals surface area contributed by atoms with Gasteiger partial charge in [0.15, 0.2) is 11.6 Å². The number of carboxylic acids is 1. The van der Waals surface area contributed by atoms with Gasteiger partial charge in [-0.3, -0.25) is 4.79 Å². The van der Waals surface area contributed by atoms with Crippen LogP contribution in [-0.4, -0.2) is 27.0 Å². The summed E-state index contributed by atoms with van der Waals surface area (Å²) in [6.07, 6.45) is 6.95. The van der Waals surface area contributed by atoms with E-state index in [4.69, 9.17) is 4.52 Å². The zero-order valence-corrected chi connectivity index (χ0v) is 16.6. The largest absolute Gasteiger partial charge is 0.478 e. The Balaban J connectivity index is 1.54. The number of hydrogen-bond acceptors (Lipinski definition) is 6. The van der Waals surface area contributed by atoms with Crippen LogP contribution < -0.4 is 0 Å². The summed E-state index contributed by atoms with van der Waals surface area (Å²) in [6.45, 7) is 1.78. The Morgan fingerprint density at radius 2 is 1.86 bits per heavy atom. The molecule has 0 radical (unpaired) electrons. The number of aromatic nitrogens is 2. The van der Waals surface area contributed by atoms with Crippen LogP contribution in [0, 0.1) is 18.8 Å². The van der Waals surface area contributed by atoms with E-state index in [0.29, 0.717) is 22.9 Å². The van der Waals surface area contributed by atoms with Crippen molar-refractivity contribution in [1.82, 2.24) is 10.1 Å². The van der Waals surface area contributed by atoms with Gasteiger partial charge in [-0.05, 0) is 69.3 Å². The molecule has 2 heterocycles. The fourth-order valence-corrected chi connectivity index (χ4v) is 6.64. The lowest BCUT2D eigenvalue weighted by Gasteiger charge is -2.38. The van der Waals surface area contributed by atoms with Crippen molar-refractivity contribution in [3.05, 3.63) is 32.3 Å². The number of Topliss-reactive ketones (excluding diaryl/α,β-unsaturated/α-hetero) is 1. The number of allylic oxidation sites excluding steroid dienone is 1. The third kappa shape index (κ3) is 2.75. The zero-order chi connectivity index (χ0) is 19.4. The van der Waals surface area contributed by atoms with E-state index >= 15 is 0 Å². The van der Waals surface area contributed by atoms with E-state index in [0.717, 1.165) is 55.4 Å². The number of thiophene rings is 1. The molecule has 1 saturated carbocycles. The summed E-state index contributed by atoms with van der Waals surface area (Å²) < 4.78 is 5.44. The minimum Gasteiger partial charge on any atom is -0.478 e. The first-order chi connectivity index (χ1) is 13.5. The van der Waals surface area contributed by atoms with E-state index < -0.39 is 5.97 Å². The van der Waals surface area contributed by atoms with E-state index in [9.17, 15) is 14.7 Å². The molecule has 0 atom stereocenters. The van der Waals surface area contributed by atoms with Crippen LogP contribution in [-0.2, 0) is 28.9 Å². The molecule has 0 aromatic carbocycles. The molecule has 2 aromatic heterocycles. The van der Waals surface area contributed by atoms with Gasteiger partial charge in [0.1, 0.15) is 0 Å². The fourth-order valence-electron chi connectivity index (χ4n) is 5.25. The van der Waals surface area contributed by atoms with Gasteiger partial charge in [-0.15, -0.1) is 11.3 Å². The molecule has 1 fully saturated rings. The molecule has 28 heavy (non-hydrogen) atoms. The monoisotopic (exact) mass is 398 g/mol. The Bertz CT molecular complexity index is 1010. The number of ketones is 1. The topological polar surface area (TPSA) is 93.3 Å². The number of aliphatic carboxylic acids is 1. The number of fused-ring (bicyclic) bond motifs is 3. The molecule has 6 rings (SSSR count). The van der Waals surface area contributed by atoms with Gasteiger partial charge in [0.05, 0.1) is 5.56 Å². The van der Waals surface area contributed by atoms with Crippen molar-refractivity contribution in [1.29, 1.82) is 0 Å². The summed E-state index contributed by atoms with van der Waals surface area (Å²) in [4.78, 5) is 31.8. The second kappa shape index (κ2) is 6.65. The first-order valence-electron chi connectivity index (χ1n) is 9.97. The van der Waals surface area contributed by atoms with Gasteiger partial charge >= 0.3 is 5.97 Å². The Kier molecular flexibility index (Phi) is 4.23. The van der Waals surface area contributed by atoms with Crippen molar-refractivity contribution in [2.45, 2.75) is 58.3 Å². The number of nitrogens with zero attached hydrogens (tertiary/aromatic N) is 2. The van der Waals surface area contributed by atoms with Crippen molar-refractivity contribution >= 4 is 23.1 Å². The predicted molar refractivity (Wildman–Crippen MR) is 103 cm³/mol. The van der Waals surface area contributed by atoms with E-state index in [1.165, 1.54) is 10.4 Å². The lowest BCUT2D eigenvalue weighted by Crippen LogP contribution is -2.34. The number of aryl methyl sites for hydroxylation is 2. The molecule has 6 nitrogen and oxygen atoms in total. The van der Waals surface area contributed by atoms with Crippen LogP contribution in [0.4, 0.5) is 0 Å². The van der Waals surface area contributed by atoms with E-state index in [-0.39, 0.29) is 24.0 Å². The Hall–Kier alpha value is -2.28. The second-order valence-electron chi connectivity index (χ2n) is 8.08. The van der Waals surface area contributed by atoms with Crippen LogP contribution in [0.2, 0.25) is 0 Å². The summed E-state index contributed by atoms with van der Waals surface area (Å²) in [5.74, 6) is 0.240. The Labute approximate surface area is 166 Å². The van der Waals surface area contributed by atoms with E-state index in [1.807, 2.05) is 0 Å². The molecular formula is C21H22N2O4S. The molecule has 0 spiro atoms. The molecule has 4 aliphatic carbocycles. The van der Waals surface area contributed by atoms with Gasteiger partial charge in [0, 0.05) is 27.3 Å². The van der Waals surface area contributed by atoms with E-state index in [2.05, 4.69) is 10.1 Å². The Morgan fingerprint density at radius 3 is 2.50 bits per heavy atom. The third-order valence-electron chi connectivity index (χ3n) is 6.42. The van der Waals surface area contributed by atoms with Crippen LogP contribution in [0.1, 0.15) is 53.2 Å². The van der Waals surface area contributed by atoms with Crippen LogP contribution >= 0.6 is 11.3 Å². The number of carbonyl (C=O) groups excluding carboxylic acids is 1. The third-order valence-corrected chi connectivity index (χ3v) is 7.71. The van der Waals surface area contributed by atoms with Gasteiger partial charge in [-0.25, -0.2) is 4.79 Å². The maximum absolute atomic E-state index is 13.3. The van der Waals surface area contributed by atoms with Gasteiger partial charge < -0.3 is 9.63 Å². The summed E-state index contributed by atoms with van der Waals surface area (Å²) in [7, 11) is 0.